The second-order valence-electron chi connectivity index (χ2n) is 9.46. The summed E-state index contributed by atoms with van der Waals surface area (Å²) in [5, 5.41) is 9.75. The minimum atomic E-state index is -1.12. The Hall–Kier alpha value is -1.65. The Morgan fingerprint density at radius 3 is 2.40 bits per heavy atom. The number of Topliss-reactive ketones (excluding diaryl/α,β-unsaturated/α-hetero) is 1. The summed E-state index contributed by atoms with van der Waals surface area (Å²) in [4.78, 5) is 37.8. The number of carboxylic acid groups (broad SMARTS) is 1. The highest BCUT2D eigenvalue weighted by atomic mass is 16.6. The fourth-order valence-electron chi connectivity index (χ4n) is 6.10. The number of esters is 1. The summed E-state index contributed by atoms with van der Waals surface area (Å²) in [5.74, 6) is -1.49. The number of ketones is 1. The van der Waals surface area contributed by atoms with E-state index in [1.807, 2.05) is 6.92 Å². The number of ether oxygens (including phenoxy) is 1. The normalized spacial score (nSPS) is 44.9. The molecule has 0 aromatic rings. The van der Waals surface area contributed by atoms with Crippen LogP contribution in [0, 0.1) is 28.1 Å². The molecule has 4 rings (SSSR count). The SMILES string of the molecule is C[C@@H]1C[C@]1(C(=O)O)[C@H]1OC(=O)C2=C1C(=O)C[C@H]1C(C)(C)CCC[C@]21C. The van der Waals surface area contributed by atoms with E-state index in [1.165, 1.54) is 0 Å². The van der Waals surface area contributed by atoms with E-state index in [1.54, 1.807) is 0 Å². The number of fused-ring (bicyclic) bond motifs is 2. The van der Waals surface area contributed by atoms with Crippen molar-refractivity contribution in [2.75, 3.05) is 0 Å². The molecule has 3 aliphatic carbocycles. The van der Waals surface area contributed by atoms with Crippen molar-refractivity contribution in [2.45, 2.75) is 65.9 Å². The molecule has 0 spiro atoms. The number of rotatable bonds is 2. The summed E-state index contributed by atoms with van der Waals surface area (Å²) < 4.78 is 5.61. The van der Waals surface area contributed by atoms with Gasteiger partial charge >= 0.3 is 11.9 Å². The highest BCUT2D eigenvalue weighted by Crippen LogP contribution is 2.65. The van der Waals surface area contributed by atoms with Crippen LogP contribution >= 0.6 is 0 Å². The molecular formula is C20H26O5. The van der Waals surface area contributed by atoms with Gasteiger partial charge in [0.2, 0.25) is 0 Å². The van der Waals surface area contributed by atoms with Gasteiger partial charge in [-0.1, -0.05) is 34.1 Å². The Morgan fingerprint density at radius 1 is 1.20 bits per heavy atom. The maximum atomic E-state index is 13.0. The Morgan fingerprint density at radius 2 is 1.84 bits per heavy atom. The van der Waals surface area contributed by atoms with Crippen molar-refractivity contribution < 1.29 is 24.2 Å². The molecule has 0 unspecified atom stereocenters. The van der Waals surface area contributed by atoms with E-state index in [9.17, 15) is 19.5 Å². The maximum Gasteiger partial charge on any atom is 0.335 e. The molecule has 136 valence electrons. The van der Waals surface area contributed by atoms with Gasteiger partial charge in [0.05, 0.1) is 5.57 Å². The lowest BCUT2D eigenvalue weighted by molar-refractivity contribution is -0.154. The fraction of sp³-hybridized carbons (Fsp3) is 0.750. The van der Waals surface area contributed by atoms with E-state index in [-0.39, 0.29) is 23.0 Å². The number of carbonyl (C=O) groups is 3. The first kappa shape index (κ1) is 16.8. The monoisotopic (exact) mass is 346 g/mol. The number of hydrogen-bond donors (Lipinski definition) is 1. The zero-order valence-corrected chi connectivity index (χ0v) is 15.3. The Labute approximate surface area is 147 Å². The van der Waals surface area contributed by atoms with E-state index >= 15 is 0 Å². The van der Waals surface area contributed by atoms with Crippen LogP contribution in [0.15, 0.2) is 11.1 Å². The minimum Gasteiger partial charge on any atom is -0.481 e. The van der Waals surface area contributed by atoms with Crippen molar-refractivity contribution in [3.8, 4) is 0 Å². The first-order chi connectivity index (χ1) is 11.6. The average Bonchev–Trinajstić information content (AvgIpc) is 3.04. The summed E-state index contributed by atoms with van der Waals surface area (Å²) in [7, 11) is 0. The summed E-state index contributed by atoms with van der Waals surface area (Å²) in [6.07, 6.45) is 2.83. The third-order valence-corrected chi connectivity index (χ3v) is 7.68. The molecule has 0 amide bonds. The molecule has 25 heavy (non-hydrogen) atoms. The first-order valence-electron chi connectivity index (χ1n) is 9.28. The highest BCUT2D eigenvalue weighted by molar-refractivity contribution is 6.11. The van der Waals surface area contributed by atoms with E-state index in [0.717, 1.165) is 19.3 Å². The minimum absolute atomic E-state index is 0.0170. The molecule has 1 N–H and O–H groups in total. The molecule has 0 saturated heterocycles. The Balaban J connectivity index is 1.86. The number of cyclic esters (lactones) is 1. The summed E-state index contributed by atoms with van der Waals surface area (Å²) >= 11 is 0. The quantitative estimate of drug-likeness (QED) is 0.777. The lowest BCUT2D eigenvalue weighted by Gasteiger charge is -2.52. The first-order valence-corrected chi connectivity index (χ1v) is 9.28. The van der Waals surface area contributed by atoms with Gasteiger partial charge in [0.15, 0.2) is 5.78 Å². The van der Waals surface area contributed by atoms with Crippen molar-refractivity contribution in [1.29, 1.82) is 0 Å². The Bertz CT molecular complexity index is 732. The van der Waals surface area contributed by atoms with Crippen LogP contribution in [0.5, 0.6) is 0 Å². The maximum absolute atomic E-state index is 13.0. The van der Waals surface area contributed by atoms with Crippen molar-refractivity contribution in [3.05, 3.63) is 11.1 Å². The molecule has 0 bridgehead atoms. The number of carboxylic acids is 1. The van der Waals surface area contributed by atoms with E-state index in [4.69, 9.17) is 4.74 Å². The van der Waals surface area contributed by atoms with E-state index in [0.29, 0.717) is 24.0 Å². The molecule has 0 aromatic heterocycles. The van der Waals surface area contributed by atoms with Gasteiger partial charge in [-0.05, 0) is 36.5 Å². The molecule has 0 radical (unpaired) electrons. The van der Waals surface area contributed by atoms with Gasteiger partial charge in [-0.2, -0.15) is 0 Å². The Kier molecular flexibility index (Phi) is 3.19. The highest BCUT2D eigenvalue weighted by Gasteiger charge is 2.70. The standard InChI is InChI=1S/C20H26O5/c1-10-9-20(10,17(23)24)15-13-11(21)8-12-18(2,3)6-5-7-19(12,4)14(13)16(22)25-15/h10,12,15H,5-9H2,1-4H3,(H,23,24)/t10-,12+,15+,19+,20-/m1/s1. The molecule has 5 atom stereocenters. The fourth-order valence-corrected chi connectivity index (χ4v) is 6.10. The molecule has 4 aliphatic rings. The van der Waals surface area contributed by atoms with E-state index < -0.39 is 28.9 Å². The van der Waals surface area contributed by atoms with Crippen LogP contribution in [0.2, 0.25) is 0 Å². The van der Waals surface area contributed by atoms with Crippen molar-refractivity contribution in [2.24, 2.45) is 28.1 Å². The zero-order valence-electron chi connectivity index (χ0n) is 15.3. The van der Waals surface area contributed by atoms with Crippen LogP contribution in [0.1, 0.15) is 59.8 Å². The topological polar surface area (TPSA) is 80.7 Å². The third kappa shape index (κ3) is 1.92. The number of carbonyl (C=O) groups excluding carboxylic acids is 2. The molecule has 5 heteroatoms. The van der Waals surface area contributed by atoms with Gasteiger partial charge in [-0.25, -0.2) is 4.79 Å². The predicted octanol–water partition coefficient (Wildman–Crippen LogP) is 3.12. The van der Waals surface area contributed by atoms with Crippen LogP contribution in [0.3, 0.4) is 0 Å². The van der Waals surface area contributed by atoms with E-state index in [2.05, 4.69) is 20.8 Å². The van der Waals surface area contributed by atoms with Gasteiger partial charge in [0.1, 0.15) is 11.5 Å². The molecule has 2 saturated carbocycles. The second kappa shape index (κ2) is 4.74. The van der Waals surface area contributed by atoms with Crippen LogP contribution in [0.25, 0.3) is 0 Å². The van der Waals surface area contributed by atoms with Crippen LogP contribution in [-0.2, 0) is 19.1 Å². The predicted molar refractivity (Wildman–Crippen MR) is 89.6 cm³/mol. The molecular weight excluding hydrogens is 320 g/mol. The molecule has 2 fully saturated rings. The van der Waals surface area contributed by atoms with Crippen LogP contribution in [0.4, 0.5) is 0 Å². The molecule has 5 nitrogen and oxygen atoms in total. The molecule has 1 heterocycles. The molecule has 1 aliphatic heterocycles. The van der Waals surface area contributed by atoms with Crippen LogP contribution in [-0.4, -0.2) is 28.9 Å². The summed E-state index contributed by atoms with van der Waals surface area (Å²) in [6, 6.07) is 0. The van der Waals surface area contributed by atoms with Crippen LogP contribution < -0.4 is 0 Å². The van der Waals surface area contributed by atoms with Gasteiger partial charge in [0.25, 0.3) is 0 Å². The van der Waals surface area contributed by atoms with Crippen molar-refractivity contribution in [1.82, 2.24) is 0 Å². The third-order valence-electron chi connectivity index (χ3n) is 7.68. The number of hydrogen-bond acceptors (Lipinski definition) is 4. The zero-order chi connectivity index (χ0) is 18.4. The smallest absolute Gasteiger partial charge is 0.335 e. The van der Waals surface area contributed by atoms with Crippen molar-refractivity contribution in [3.63, 3.8) is 0 Å². The summed E-state index contributed by atoms with van der Waals surface area (Å²) in [5.41, 5.74) is -0.652. The van der Waals surface area contributed by atoms with Gasteiger partial charge < -0.3 is 9.84 Å². The largest absolute Gasteiger partial charge is 0.481 e. The second-order valence-corrected chi connectivity index (χ2v) is 9.46. The number of aliphatic carboxylic acids is 1. The lowest BCUT2D eigenvalue weighted by atomic mass is 9.50. The lowest BCUT2D eigenvalue weighted by Crippen LogP contribution is -2.49. The van der Waals surface area contributed by atoms with Gasteiger partial charge in [-0.15, -0.1) is 0 Å². The summed E-state index contributed by atoms with van der Waals surface area (Å²) in [6.45, 7) is 8.27. The van der Waals surface area contributed by atoms with Gasteiger partial charge in [-0.3, -0.25) is 9.59 Å². The van der Waals surface area contributed by atoms with Gasteiger partial charge in [0, 0.05) is 17.4 Å². The molecule has 0 aromatic carbocycles. The average molecular weight is 346 g/mol. The van der Waals surface area contributed by atoms with Crippen molar-refractivity contribution >= 4 is 17.7 Å².